The summed E-state index contributed by atoms with van der Waals surface area (Å²) in [5, 5.41) is 2.61. The first-order valence-corrected chi connectivity index (χ1v) is 12.7. The molecule has 8 nitrogen and oxygen atoms in total. The van der Waals surface area contributed by atoms with Gasteiger partial charge in [-0.1, -0.05) is 24.6 Å². The lowest BCUT2D eigenvalue weighted by molar-refractivity contribution is -0.133. The fourth-order valence-corrected chi connectivity index (χ4v) is 4.03. The molecule has 1 heterocycles. The van der Waals surface area contributed by atoms with Crippen molar-refractivity contribution in [3.05, 3.63) is 77.0 Å². The van der Waals surface area contributed by atoms with Gasteiger partial charge in [-0.05, 0) is 67.8 Å². The van der Waals surface area contributed by atoms with E-state index in [0.717, 1.165) is 5.56 Å². The van der Waals surface area contributed by atoms with Crippen LogP contribution < -0.4 is 14.8 Å². The van der Waals surface area contributed by atoms with Crippen molar-refractivity contribution in [3.8, 4) is 11.5 Å². The number of amides is 3. The highest BCUT2D eigenvalue weighted by Gasteiger charge is 2.26. The van der Waals surface area contributed by atoms with Crippen LogP contribution >= 0.6 is 11.6 Å². The summed E-state index contributed by atoms with van der Waals surface area (Å²) in [6, 6.07) is 12.4. The number of carbonyl (C=O) groups excluding carboxylic acids is 2. The molecule has 0 fully saturated rings. The average Bonchev–Trinajstić information content (AvgIpc) is 3.44. The molecule has 3 rings (SSSR count). The summed E-state index contributed by atoms with van der Waals surface area (Å²) in [6.07, 6.45) is 2.74. The number of anilines is 1. The molecule has 0 aliphatic heterocycles. The van der Waals surface area contributed by atoms with Gasteiger partial charge in [0.15, 0.2) is 11.5 Å². The van der Waals surface area contributed by atoms with Crippen molar-refractivity contribution in [3.63, 3.8) is 0 Å². The number of nitrogens with one attached hydrogen (secondary N) is 1. The Balaban J connectivity index is 1.76. The number of urea groups is 1. The number of ether oxygens (including phenoxy) is 2. The zero-order valence-electron chi connectivity index (χ0n) is 22.0. The minimum Gasteiger partial charge on any atom is -0.493 e. The van der Waals surface area contributed by atoms with Gasteiger partial charge >= 0.3 is 6.03 Å². The molecule has 1 aromatic heterocycles. The lowest BCUT2D eigenvalue weighted by atomic mass is 10.1. The number of halogens is 2. The molecule has 0 aliphatic carbocycles. The van der Waals surface area contributed by atoms with E-state index in [1.165, 1.54) is 23.1 Å². The third-order valence-electron chi connectivity index (χ3n) is 6.26. The van der Waals surface area contributed by atoms with E-state index in [1.807, 2.05) is 32.0 Å². The second-order valence-electron chi connectivity index (χ2n) is 8.78. The molecule has 10 heteroatoms. The van der Waals surface area contributed by atoms with Gasteiger partial charge in [-0.25, -0.2) is 9.18 Å². The van der Waals surface area contributed by atoms with Gasteiger partial charge in [0.05, 0.1) is 32.1 Å². The van der Waals surface area contributed by atoms with Crippen molar-refractivity contribution in [2.45, 2.75) is 39.3 Å². The van der Waals surface area contributed by atoms with Crippen molar-refractivity contribution >= 4 is 29.2 Å². The minimum atomic E-state index is -0.582. The first-order valence-electron chi connectivity index (χ1n) is 12.3. The molecule has 204 valence electrons. The molecular weight excluding hydrogens is 513 g/mol. The largest absolute Gasteiger partial charge is 0.493 e. The summed E-state index contributed by atoms with van der Waals surface area (Å²) in [5.41, 5.74) is 1.30. The fraction of sp³-hybridized carbons (Fsp3) is 0.357. The Morgan fingerprint density at radius 2 is 1.87 bits per heavy atom. The topological polar surface area (TPSA) is 84.2 Å². The Labute approximate surface area is 227 Å². The number of nitrogens with zero attached hydrogens (tertiary/aromatic N) is 2. The van der Waals surface area contributed by atoms with Gasteiger partial charge in [0, 0.05) is 18.3 Å². The molecule has 0 spiro atoms. The molecular formula is C28H33ClFN3O5. The second-order valence-corrected chi connectivity index (χ2v) is 9.19. The first-order chi connectivity index (χ1) is 18.2. The molecule has 38 heavy (non-hydrogen) atoms. The van der Waals surface area contributed by atoms with E-state index in [1.54, 1.807) is 37.5 Å². The summed E-state index contributed by atoms with van der Waals surface area (Å²) in [7, 11) is 3.15. The third-order valence-corrected chi connectivity index (χ3v) is 6.55. The predicted molar refractivity (Wildman–Crippen MR) is 144 cm³/mol. The number of benzene rings is 2. The molecule has 1 atom stereocenters. The Hall–Kier alpha value is -3.72. The van der Waals surface area contributed by atoms with E-state index in [9.17, 15) is 14.0 Å². The van der Waals surface area contributed by atoms with Crippen molar-refractivity contribution in [2.75, 3.05) is 32.6 Å². The Morgan fingerprint density at radius 3 is 2.50 bits per heavy atom. The van der Waals surface area contributed by atoms with Gasteiger partial charge in [0.25, 0.3) is 0 Å². The van der Waals surface area contributed by atoms with Gasteiger partial charge in [0.1, 0.15) is 18.1 Å². The number of rotatable bonds is 12. The quantitative estimate of drug-likeness (QED) is 0.302. The summed E-state index contributed by atoms with van der Waals surface area (Å²) < 4.78 is 29.7. The van der Waals surface area contributed by atoms with Crippen molar-refractivity contribution in [2.24, 2.45) is 0 Å². The molecule has 2 aromatic carbocycles. The zero-order chi connectivity index (χ0) is 27.7. The van der Waals surface area contributed by atoms with E-state index in [0.29, 0.717) is 42.3 Å². The molecule has 0 bridgehead atoms. The van der Waals surface area contributed by atoms with Crippen LogP contribution in [0.1, 0.15) is 31.6 Å². The van der Waals surface area contributed by atoms with Gasteiger partial charge in [-0.15, -0.1) is 0 Å². The monoisotopic (exact) mass is 545 g/mol. The highest BCUT2D eigenvalue weighted by Crippen LogP contribution is 2.28. The number of carbonyl (C=O) groups is 2. The highest BCUT2D eigenvalue weighted by molar-refractivity contribution is 6.31. The molecule has 3 aromatic rings. The number of furan rings is 1. The van der Waals surface area contributed by atoms with E-state index < -0.39 is 11.8 Å². The summed E-state index contributed by atoms with van der Waals surface area (Å²) in [5.74, 6) is 1.04. The average molecular weight is 546 g/mol. The SMILES string of the molecule is CCC(C)N(CC(=O)N(CCc1ccc(OC)c(OC)c1)Cc1ccco1)C(=O)Nc1ccc(F)c(Cl)c1. The van der Waals surface area contributed by atoms with Crippen molar-refractivity contribution < 1.29 is 27.9 Å². The first kappa shape index (κ1) is 28.8. The van der Waals surface area contributed by atoms with Crippen LogP contribution in [0.5, 0.6) is 11.5 Å². The van der Waals surface area contributed by atoms with Crippen LogP contribution in [0.25, 0.3) is 0 Å². The number of hydrogen-bond donors (Lipinski definition) is 1. The summed E-state index contributed by atoms with van der Waals surface area (Å²) in [4.78, 5) is 29.8. The molecule has 3 amide bonds. The summed E-state index contributed by atoms with van der Waals surface area (Å²) >= 11 is 5.86. The van der Waals surface area contributed by atoms with Crippen LogP contribution in [0, 0.1) is 5.82 Å². The van der Waals surface area contributed by atoms with E-state index in [4.69, 9.17) is 25.5 Å². The second kappa shape index (κ2) is 13.7. The lowest BCUT2D eigenvalue weighted by Crippen LogP contribution is -2.48. The van der Waals surface area contributed by atoms with Crippen LogP contribution in [0.2, 0.25) is 5.02 Å². The Kier molecular flexibility index (Phi) is 10.4. The lowest BCUT2D eigenvalue weighted by Gasteiger charge is -2.31. The number of methoxy groups -OCH3 is 2. The molecule has 1 unspecified atom stereocenters. The van der Waals surface area contributed by atoms with Crippen LogP contribution in [-0.2, 0) is 17.8 Å². The normalized spacial score (nSPS) is 11.5. The van der Waals surface area contributed by atoms with Crippen molar-refractivity contribution in [1.82, 2.24) is 9.80 Å². The smallest absolute Gasteiger partial charge is 0.322 e. The predicted octanol–water partition coefficient (Wildman–Crippen LogP) is 5.99. The van der Waals surface area contributed by atoms with Crippen molar-refractivity contribution in [1.29, 1.82) is 0 Å². The summed E-state index contributed by atoms with van der Waals surface area (Å²) in [6.45, 7) is 4.29. The van der Waals surface area contributed by atoms with Crippen LogP contribution in [0.15, 0.2) is 59.2 Å². The molecule has 0 saturated carbocycles. The van der Waals surface area contributed by atoms with Gasteiger partial charge in [-0.3, -0.25) is 4.79 Å². The molecule has 0 saturated heterocycles. The zero-order valence-corrected chi connectivity index (χ0v) is 22.8. The van der Waals surface area contributed by atoms with E-state index >= 15 is 0 Å². The maximum Gasteiger partial charge on any atom is 0.322 e. The standard InChI is InChI=1S/C28H33ClFN3O5/c1-5-19(2)33(28(35)31-21-9-10-24(30)23(29)16-21)18-27(34)32(17-22-7-6-14-38-22)13-12-20-8-11-25(36-3)26(15-20)37-4/h6-11,14-16,19H,5,12-13,17-18H2,1-4H3,(H,31,35). The molecule has 1 N–H and O–H groups in total. The third kappa shape index (κ3) is 7.64. The Morgan fingerprint density at radius 1 is 1.11 bits per heavy atom. The molecule has 0 radical (unpaired) electrons. The number of hydrogen-bond acceptors (Lipinski definition) is 5. The fourth-order valence-electron chi connectivity index (χ4n) is 3.85. The van der Waals surface area contributed by atoms with Gasteiger partial charge in [-0.2, -0.15) is 0 Å². The Bertz CT molecular complexity index is 1220. The highest BCUT2D eigenvalue weighted by atomic mass is 35.5. The minimum absolute atomic E-state index is 0.103. The molecule has 0 aliphatic rings. The van der Waals surface area contributed by atoms with Crippen LogP contribution in [0.3, 0.4) is 0 Å². The van der Waals surface area contributed by atoms with Crippen LogP contribution in [0.4, 0.5) is 14.9 Å². The van der Waals surface area contributed by atoms with E-state index in [-0.39, 0.29) is 30.1 Å². The maximum atomic E-state index is 13.5. The van der Waals surface area contributed by atoms with Gasteiger partial charge in [0.2, 0.25) is 5.91 Å². The maximum absolute atomic E-state index is 13.5. The van der Waals surface area contributed by atoms with E-state index in [2.05, 4.69) is 5.32 Å². The van der Waals surface area contributed by atoms with Crippen LogP contribution in [-0.4, -0.2) is 55.1 Å². The van der Waals surface area contributed by atoms with Gasteiger partial charge < -0.3 is 29.0 Å².